The van der Waals surface area contributed by atoms with Crippen LogP contribution in [-0.2, 0) is 0 Å². The zero-order valence-electron chi connectivity index (χ0n) is 11.5. The first-order valence-corrected chi connectivity index (χ1v) is 6.43. The summed E-state index contributed by atoms with van der Waals surface area (Å²) in [5, 5.41) is 0. The van der Waals surface area contributed by atoms with Gasteiger partial charge in [-0.25, -0.2) is 4.79 Å². The van der Waals surface area contributed by atoms with Crippen molar-refractivity contribution in [2.75, 3.05) is 6.61 Å². The van der Waals surface area contributed by atoms with Crippen molar-refractivity contribution in [3.8, 4) is 18.1 Å². The number of hydrogen-bond acceptors (Lipinski definition) is 3. The van der Waals surface area contributed by atoms with E-state index in [1.54, 1.807) is 6.92 Å². The molecular weight excluding hydrogens is 254 g/mol. The Morgan fingerprint density at radius 3 is 3.00 bits per heavy atom. The molecule has 1 aromatic carbocycles. The maximum Gasteiger partial charge on any atom is 0.347 e. The Bertz CT molecular complexity index is 589. The molecule has 0 saturated carbocycles. The summed E-state index contributed by atoms with van der Waals surface area (Å²) in [4.78, 5) is 17.2. The Morgan fingerprint density at radius 1 is 1.60 bits per heavy atom. The minimum absolute atomic E-state index is 0.255. The highest BCUT2D eigenvalue weighted by Gasteiger charge is 2.37. The third-order valence-corrected chi connectivity index (χ3v) is 3.15. The van der Waals surface area contributed by atoms with Gasteiger partial charge >= 0.3 is 6.03 Å². The fourth-order valence-electron chi connectivity index (χ4n) is 2.22. The van der Waals surface area contributed by atoms with E-state index in [-0.39, 0.29) is 11.9 Å². The number of carbonyl (C=O) groups is 1. The maximum atomic E-state index is 11.9. The Kier molecular flexibility index (Phi) is 3.94. The maximum absolute atomic E-state index is 11.9. The molecule has 20 heavy (non-hydrogen) atoms. The van der Waals surface area contributed by atoms with E-state index in [4.69, 9.17) is 16.9 Å². The normalized spacial score (nSPS) is 19.4. The number of amidine groups is 1. The van der Waals surface area contributed by atoms with Gasteiger partial charge in [-0.15, -0.1) is 6.42 Å². The van der Waals surface area contributed by atoms with Crippen molar-refractivity contribution < 1.29 is 9.53 Å². The number of nitrogens with two attached hydrogens (primary N) is 1. The molecule has 1 aliphatic heterocycles. The van der Waals surface area contributed by atoms with Crippen LogP contribution in [0.5, 0.6) is 5.75 Å². The lowest BCUT2D eigenvalue weighted by atomic mass is 10.0. The van der Waals surface area contributed by atoms with Crippen LogP contribution in [-0.4, -0.2) is 29.4 Å². The second-order valence-corrected chi connectivity index (χ2v) is 4.48. The average molecular weight is 271 g/mol. The van der Waals surface area contributed by atoms with Crippen molar-refractivity contribution >= 4 is 11.9 Å². The molecule has 1 aliphatic rings. The standard InChI is InChI=1S/C15H17N3O2/c1-4-10(3)18-13(14(16)17-15(18)19)11-7-6-8-12(9-11)20-5-2/h1,6-10,13H,5H2,2-3H3,(H2,16,17,19). The summed E-state index contributed by atoms with van der Waals surface area (Å²) >= 11 is 0. The van der Waals surface area contributed by atoms with E-state index in [9.17, 15) is 4.79 Å². The number of nitrogens with zero attached hydrogens (tertiary/aromatic N) is 2. The summed E-state index contributed by atoms with van der Waals surface area (Å²) in [6.45, 7) is 4.25. The van der Waals surface area contributed by atoms with Gasteiger partial charge in [-0.2, -0.15) is 4.99 Å². The van der Waals surface area contributed by atoms with E-state index in [0.29, 0.717) is 6.61 Å². The molecule has 2 amide bonds. The van der Waals surface area contributed by atoms with Crippen LogP contribution in [0.25, 0.3) is 0 Å². The predicted octanol–water partition coefficient (Wildman–Crippen LogP) is 1.94. The van der Waals surface area contributed by atoms with Crippen LogP contribution >= 0.6 is 0 Å². The lowest BCUT2D eigenvalue weighted by molar-refractivity contribution is 0.199. The molecular formula is C15H17N3O2. The number of ether oxygens (including phenoxy) is 1. The third kappa shape index (κ3) is 2.45. The summed E-state index contributed by atoms with van der Waals surface area (Å²) in [7, 11) is 0. The van der Waals surface area contributed by atoms with Gasteiger partial charge in [0.15, 0.2) is 0 Å². The SMILES string of the molecule is C#CC(C)N1C(=O)N=C(N)C1c1cccc(OCC)c1. The first-order chi connectivity index (χ1) is 9.58. The van der Waals surface area contributed by atoms with Gasteiger partial charge in [-0.1, -0.05) is 18.1 Å². The smallest absolute Gasteiger partial charge is 0.347 e. The number of rotatable bonds is 4. The second-order valence-electron chi connectivity index (χ2n) is 4.48. The first kappa shape index (κ1) is 13.9. The molecule has 0 aromatic heterocycles. The molecule has 2 rings (SSSR count). The van der Waals surface area contributed by atoms with Crippen molar-refractivity contribution in [3.05, 3.63) is 29.8 Å². The molecule has 5 nitrogen and oxygen atoms in total. The molecule has 1 aromatic rings. The zero-order chi connectivity index (χ0) is 14.7. The summed E-state index contributed by atoms with van der Waals surface area (Å²) < 4.78 is 5.47. The van der Waals surface area contributed by atoms with Gasteiger partial charge < -0.3 is 10.5 Å². The number of amides is 2. The van der Waals surface area contributed by atoms with Crippen LogP contribution in [0.2, 0.25) is 0 Å². The summed E-state index contributed by atoms with van der Waals surface area (Å²) in [5.74, 6) is 3.52. The highest BCUT2D eigenvalue weighted by molar-refractivity contribution is 6.03. The number of terminal acetylenes is 1. The molecule has 1 heterocycles. The van der Waals surface area contributed by atoms with Gasteiger partial charge in [-0.05, 0) is 31.5 Å². The Labute approximate surface area is 118 Å². The lowest BCUT2D eigenvalue weighted by Gasteiger charge is -2.27. The second kappa shape index (κ2) is 5.66. The van der Waals surface area contributed by atoms with Crippen LogP contribution < -0.4 is 10.5 Å². The van der Waals surface area contributed by atoms with Crippen LogP contribution in [0.4, 0.5) is 4.79 Å². The first-order valence-electron chi connectivity index (χ1n) is 6.43. The molecule has 0 fully saturated rings. The highest BCUT2D eigenvalue weighted by Crippen LogP contribution is 2.30. The number of urea groups is 1. The van der Waals surface area contributed by atoms with E-state index in [1.165, 1.54) is 4.90 Å². The zero-order valence-corrected chi connectivity index (χ0v) is 11.5. The number of hydrogen-bond donors (Lipinski definition) is 1. The largest absolute Gasteiger partial charge is 0.494 e. The lowest BCUT2D eigenvalue weighted by Crippen LogP contribution is -2.38. The summed E-state index contributed by atoms with van der Waals surface area (Å²) in [6.07, 6.45) is 5.42. The van der Waals surface area contributed by atoms with Crippen LogP contribution in [0, 0.1) is 12.3 Å². The molecule has 0 aliphatic carbocycles. The van der Waals surface area contributed by atoms with Crippen LogP contribution in [0.3, 0.4) is 0 Å². The van der Waals surface area contributed by atoms with E-state index in [2.05, 4.69) is 10.9 Å². The average Bonchev–Trinajstić information content (AvgIpc) is 2.73. The topological polar surface area (TPSA) is 67.9 Å². The van der Waals surface area contributed by atoms with Gasteiger partial charge in [0.25, 0.3) is 0 Å². The molecule has 0 saturated heterocycles. The third-order valence-electron chi connectivity index (χ3n) is 3.15. The van der Waals surface area contributed by atoms with Crippen LogP contribution in [0.15, 0.2) is 29.3 Å². The van der Waals surface area contributed by atoms with E-state index in [1.807, 2.05) is 31.2 Å². The molecule has 104 valence electrons. The molecule has 0 bridgehead atoms. The molecule has 2 atom stereocenters. The van der Waals surface area contributed by atoms with Gasteiger partial charge in [-0.3, -0.25) is 4.90 Å². The van der Waals surface area contributed by atoms with Crippen molar-refractivity contribution in [3.63, 3.8) is 0 Å². The summed E-state index contributed by atoms with van der Waals surface area (Å²) in [6, 6.07) is 6.22. The van der Waals surface area contributed by atoms with E-state index >= 15 is 0 Å². The fraction of sp³-hybridized carbons (Fsp3) is 0.333. The molecule has 2 N–H and O–H groups in total. The van der Waals surface area contributed by atoms with E-state index < -0.39 is 12.1 Å². The molecule has 5 heteroatoms. The van der Waals surface area contributed by atoms with Crippen molar-refractivity contribution in [2.45, 2.75) is 25.9 Å². The van der Waals surface area contributed by atoms with Gasteiger partial charge in [0, 0.05) is 0 Å². The Hall–Kier alpha value is -2.48. The molecule has 2 unspecified atom stereocenters. The van der Waals surface area contributed by atoms with E-state index in [0.717, 1.165) is 11.3 Å². The number of aliphatic imine (C=N–C) groups is 1. The van der Waals surface area contributed by atoms with Crippen molar-refractivity contribution in [1.29, 1.82) is 0 Å². The Balaban J connectivity index is 2.38. The number of benzene rings is 1. The van der Waals surface area contributed by atoms with Crippen LogP contribution in [0.1, 0.15) is 25.5 Å². The molecule has 0 spiro atoms. The van der Waals surface area contributed by atoms with Crippen molar-refractivity contribution in [2.24, 2.45) is 10.7 Å². The molecule has 0 radical (unpaired) electrons. The predicted molar refractivity (Wildman–Crippen MR) is 77.5 cm³/mol. The quantitative estimate of drug-likeness (QED) is 0.851. The fourth-order valence-corrected chi connectivity index (χ4v) is 2.22. The minimum atomic E-state index is -0.436. The Morgan fingerprint density at radius 2 is 2.35 bits per heavy atom. The van der Waals surface area contributed by atoms with Crippen molar-refractivity contribution in [1.82, 2.24) is 4.90 Å². The minimum Gasteiger partial charge on any atom is -0.494 e. The summed E-state index contributed by atoms with van der Waals surface area (Å²) in [5.41, 5.74) is 6.72. The highest BCUT2D eigenvalue weighted by atomic mass is 16.5. The van der Waals surface area contributed by atoms with Gasteiger partial charge in [0.05, 0.1) is 12.6 Å². The monoisotopic (exact) mass is 271 g/mol. The number of carbonyl (C=O) groups excluding carboxylic acids is 1. The van der Waals surface area contributed by atoms with Gasteiger partial charge in [0.1, 0.15) is 17.6 Å². The van der Waals surface area contributed by atoms with Gasteiger partial charge in [0.2, 0.25) is 0 Å².